The van der Waals surface area contributed by atoms with Crippen molar-refractivity contribution in [3.05, 3.63) is 29.8 Å². The molecule has 1 aromatic rings. The Balaban J connectivity index is 2.30. The van der Waals surface area contributed by atoms with E-state index in [0.29, 0.717) is 26.0 Å². The maximum absolute atomic E-state index is 11.7. The Bertz CT molecular complexity index is 398. The average molecular weight is 286 g/mol. The molecule has 1 unspecified atom stereocenters. The molecule has 5 heteroatoms. The van der Waals surface area contributed by atoms with Crippen LogP contribution in [0, 0.1) is 0 Å². The first-order valence-electron chi connectivity index (χ1n) is 6.18. The van der Waals surface area contributed by atoms with Crippen molar-refractivity contribution >= 4 is 17.5 Å². The zero-order valence-corrected chi connectivity index (χ0v) is 12.1. The lowest BCUT2D eigenvalue weighted by Gasteiger charge is -2.09. The van der Waals surface area contributed by atoms with Crippen LogP contribution in [0.2, 0.25) is 0 Å². The third kappa shape index (κ3) is 6.45. The third-order valence-corrected chi connectivity index (χ3v) is 2.97. The maximum atomic E-state index is 11.7. The van der Waals surface area contributed by atoms with Crippen LogP contribution in [-0.2, 0) is 16.0 Å². The highest BCUT2D eigenvalue weighted by Gasteiger charge is 2.07. The molecule has 0 saturated carbocycles. The smallest absolute Gasteiger partial charge is 0.224 e. The number of amides is 1. The number of carbonyl (C=O) groups is 1. The summed E-state index contributed by atoms with van der Waals surface area (Å²) >= 11 is 5.97. The van der Waals surface area contributed by atoms with Crippen molar-refractivity contribution in [3.8, 4) is 5.75 Å². The lowest BCUT2D eigenvalue weighted by molar-refractivity contribution is -0.120. The van der Waals surface area contributed by atoms with E-state index in [1.54, 1.807) is 14.2 Å². The van der Waals surface area contributed by atoms with Gasteiger partial charge in [-0.15, -0.1) is 11.6 Å². The first kappa shape index (κ1) is 15.8. The normalized spacial score (nSPS) is 11.9. The van der Waals surface area contributed by atoms with E-state index >= 15 is 0 Å². The largest absolute Gasteiger partial charge is 0.497 e. The zero-order chi connectivity index (χ0) is 14.1. The summed E-state index contributed by atoms with van der Waals surface area (Å²) in [6.45, 7) is 1.05. The third-order valence-electron chi connectivity index (χ3n) is 2.63. The molecule has 0 saturated heterocycles. The van der Waals surface area contributed by atoms with Gasteiger partial charge in [-0.3, -0.25) is 4.79 Å². The van der Waals surface area contributed by atoms with E-state index in [-0.39, 0.29) is 11.3 Å². The predicted molar refractivity (Wildman–Crippen MR) is 75.8 cm³/mol. The van der Waals surface area contributed by atoms with Gasteiger partial charge in [0.15, 0.2) is 0 Å². The molecule has 0 aromatic heterocycles. The Labute approximate surface area is 119 Å². The van der Waals surface area contributed by atoms with Crippen LogP contribution in [0.1, 0.15) is 12.0 Å². The van der Waals surface area contributed by atoms with Gasteiger partial charge in [0, 0.05) is 13.7 Å². The van der Waals surface area contributed by atoms with Crippen LogP contribution in [0.4, 0.5) is 0 Å². The van der Waals surface area contributed by atoms with Crippen molar-refractivity contribution in [1.29, 1.82) is 0 Å². The summed E-state index contributed by atoms with van der Waals surface area (Å²) in [5, 5.41) is 2.77. The number of benzene rings is 1. The molecule has 0 fully saturated rings. The minimum Gasteiger partial charge on any atom is -0.497 e. The number of alkyl halides is 1. The first-order valence-corrected chi connectivity index (χ1v) is 6.62. The lowest BCUT2D eigenvalue weighted by atomic mass is 10.1. The van der Waals surface area contributed by atoms with Crippen molar-refractivity contribution in [1.82, 2.24) is 5.32 Å². The van der Waals surface area contributed by atoms with Crippen molar-refractivity contribution in [2.24, 2.45) is 0 Å². The number of hydrogen-bond donors (Lipinski definition) is 1. The molecule has 0 aliphatic heterocycles. The van der Waals surface area contributed by atoms with Gasteiger partial charge in [-0.05, 0) is 24.1 Å². The number of rotatable bonds is 8. The summed E-state index contributed by atoms with van der Waals surface area (Å²) in [7, 11) is 3.21. The number of nitrogens with one attached hydrogen (secondary N) is 1. The molecule has 0 spiro atoms. The van der Waals surface area contributed by atoms with Gasteiger partial charge in [-0.2, -0.15) is 0 Å². The second-order valence-corrected chi connectivity index (χ2v) is 4.84. The Morgan fingerprint density at radius 1 is 1.42 bits per heavy atom. The number of hydrogen-bond acceptors (Lipinski definition) is 3. The van der Waals surface area contributed by atoms with Crippen LogP contribution in [0.3, 0.4) is 0 Å². The number of ether oxygens (including phenoxy) is 2. The molecular weight excluding hydrogens is 266 g/mol. The summed E-state index contributed by atoms with van der Waals surface area (Å²) in [5.74, 6) is 0.737. The van der Waals surface area contributed by atoms with Gasteiger partial charge in [-0.25, -0.2) is 0 Å². The average Bonchev–Trinajstić information content (AvgIpc) is 2.39. The molecule has 0 aliphatic rings. The molecular formula is C14H20ClNO3. The highest BCUT2D eigenvalue weighted by Crippen LogP contribution is 2.12. The Morgan fingerprint density at radius 3 is 2.89 bits per heavy atom. The molecule has 4 nitrogen and oxygen atoms in total. The van der Waals surface area contributed by atoms with E-state index in [9.17, 15) is 4.79 Å². The van der Waals surface area contributed by atoms with Crippen LogP contribution < -0.4 is 10.1 Å². The van der Waals surface area contributed by atoms with E-state index in [0.717, 1.165) is 11.3 Å². The quantitative estimate of drug-likeness (QED) is 0.743. The van der Waals surface area contributed by atoms with Crippen molar-refractivity contribution in [2.45, 2.75) is 18.2 Å². The van der Waals surface area contributed by atoms with Crippen LogP contribution >= 0.6 is 11.6 Å². The van der Waals surface area contributed by atoms with E-state index in [4.69, 9.17) is 21.1 Å². The summed E-state index contributed by atoms with van der Waals surface area (Å²) in [6, 6.07) is 7.48. The molecule has 1 amide bonds. The van der Waals surface area contributed by atoms with Crippen molar-refractivity contribution in [3.63, 3.8) is 0 Å². The minimum absolute atomic E-state index is 0.0189. The number of methoxy groups -OCH3 is 2. The van der Waals surface area contributed by atoms with E-state index in [1.165, 1.54) is 0 Å². The van der Waals surface area contributed by atoms with Gasteiger partial charge >= 0.3 is 0 Å². The van der Waals surface area contributed by atoms with Gasteiger partial charge in [0.05, 0.1) is 25.5 Å². The Morgan fingerprint density at radius 2 is 2.21 bits per heavy atom. The lowest BCUT2D eigenvalue weighted by Crippen LogP contribution is -2.28. The molecule has 1 rings (SSSR count). The topological polar surface area (TPSA) is 47.6 Å². The number of halogens is 1. The Kier molecular flexibility index (Phi) is 7.30. The molecule has 106 valence electrons. The summed E-state index contributed by atoms with van der Waals surface area (Å²) in [5.41, 5.74) is 0.927. The second-order valence-electron chi connectivity index (χ2n) is 4.22. The fourth-order valence-electron chi connectivity index (χ4n) is 1.66. The van der Waals surface area contributed by atoms with Gasteiger partial charge in [0.25, 0.3) is 0 Å². The highest BCUT2D eigenvalue weighted by molar-refractivity contribution is 6.20. The van der Waals surface area contributed by atoms with Crippen LogP contribution in [0.25, 0.3) is 0 Å². The van der Waals surface area contributed by atoms with E-state index in [1.807, 2.05) is 24.3 Å². The predicted octanol–water partition coefficient (Wildman–Crippen LogP) is 2.00. The van der Waals surface area contributed by atoms with Crippen LogP contribution in [0.15, 0.2) is 24.3 Å². The van der Waals surface area contributed by atoms with Gasteiger partial charge in [0.1, 0.15) is 5.75 Å². The molecule has 1 atom stereocenters. The standard InChI is InChI=1S/C14H20ClNO3/c1-18-10-12(15)6-7-16-14(17)9-11-4-3-5-13(8-11)19-2/h3-5,8,12H,6-7,9-10H2,1-2H3,(H,16,17). The second kappa shape index (κ2) is 8.77. The van der Waals surface area contributed by atoms with Crippen LogP contribution in [-0.4, -0.2) is 38.7 Å². The fourth-order valence-corrected chi connectivity index (χ4v) is 1.90. The van der Waals surface area contributed by atoms with Gasteiger partial charge in [-0.1, -0.05) is 12.1 Å². The van der Waals surface area contributed by atoms with Gasteiger partial charge in [0.2, 0.25) is 5.91 Å². The SMILES string of the molecule is COCC(Cl)CCNC(=O)Cc1cccc(OC)c1. The Hall–Kier alpha value is -1.26. The molecule has 0 heterocycles. The van der Waals surface area contributed by atoms with Crippen molar-refractivity contribution in [2.75, 3.05) is 27.4 Å². The van der Waals surface area contributed by atoms with Gasteiger partial charge < -0.3 is 14.8 Å². The summed E-state index contributed by atoms with van der Waals surface area (Å²) in [6.07, 6.45) is 1.04. The van der Waals surface area contributed by atoms with Crippen molar-refractivity contribution < 1.29 is 14.3 Å². The van der Waals surface area contributed by atoms with Crippen LogP contribution in [0.5, 0.6) is 5.75 Å². The summed E-state index contributed by atoms with van der Waals surface area (Å²) < 4.78 is 10.0. The minimum atomic E-state index is -0.0675. The fraction of sp³-hybridized carbons (Fsp3) is 0.500. The van der Waals surface area contributed by atoms with E-state index in [2.05, 4.69) is 5.32 Å². The number of carbonyl (C=O) groups excluding carboxylic acids is 1. The molecule has 0 radical (unpaired) electrons. The van der Waals surface area contributed by atoms with E-state index < -0.39 is 0 Å². The summed E-state index contributed by atoms with van der Waals surface area (Å²) in [4.78, 5) is 11.7. The highest BCUT2D eigenvalue weighted by atomic mass is 35.5. The molecule has 19 heavy (non-hydrogen) atoms. The molecule has 1 N–H and O–H groups in total. The molecule has 0 bridgehead atoms. The molecule has 0 aliphatic carbocycles. The zero-order valence-electron chi connectivity index (χ0n) is 11.3. The monoisotopic (exact) mass is 285 g/mol. The first-order chi connectivity index (χ1) is 9.15. The molecule has 1 aromatic carbocycles. The maximum Gasteiger partial charge on any atom is 0.224 e.